The first-order chi connectivity index (χ1) is 15.0. The number of rotatable bonds is 5. The number of nitrogens with zero attached hydrogens (tertiary/aromatic N) is 4. The highest BCUT2D eigenvalue weighted by atomic mass is 32.2. The van der Waals surface area contributed by atoms with Crippen molar-refractivity contribution in [2.24, 2.45) is 0 Å². The average Bonchev–Trinajstić information content (AvgIpc) is 3.24. The van der Waals surface area contributed by atoms with Crippen molar-refractivity contribution in [1.82, 2.24) is 18.7 Å². The lowest BCUT2D eigenvalue weighted by Gasteiger charge is -2.14. The molecule has 2 heterocycles. The summed E-state index contributed by atoms with van der Waals surface area (Å²) in [5.74, 6) is -0.207. The van der Waals surface area contributed by atoms with Crippen LogP contribution in [0.1, 0.15) is 0 Å². The Labute approximate surface area is 180 Å². The van der Waals surface area contributed by atoms with E-state index in [1.54, 1.807) is 36.4 Å². The third-order valence-electron chi connectivity index (χ3n) is 4.45. The maximum atomic E-state index is 13.3. The van der Waals surface area contributed by atoms with Crippen LogP contribution in [0.25, 0.3) is 22.1 Å². The first-order valence-electron chi connectivity index (χ1n) is 9.03. The van der Waals surface area contributed by atoms with Crippen molar-refractivity contribution < 1.29 is 12.8 Å². The van der Waals surface area contributed by atoms with Crippen LogP contribution in [0.15, 0.2) is 71.6 Å². The molecular formula is C20H13FN6O2S2. The number of sulfonamides is 1. The molecule has 3 aromatic carbocycles. The second kappa shape index (κ2) is 7.52. The highest BCUT2D eigenvalue weighted by Crippen LogP contribution is 2.29. The van der Waals surface area contributed by atoms with Gasteiger partial charge in [-0.05, 0) is 48.5 Å². The zero-order valence-corrected chi connectivity index (χ0v) is 17.3. The lowest BCUT2D eigenvalue weighted by Crippen LogP contribution is -2.16. The van der Waals surface area contributed by atoms with Crippen molar-refractivity contribution in [2.45, 2.75) is 4.90 Å². The number of nitrogens with one attached hydrogen (secondary N) is 2. The standard InChI is InChI=1S/C20H13FN6O2S2/c21-12-8-10-13(11-9-12)22-19-20(24-15-5-2-1-4-14(15)23-19)27-31(28,29)17-7-3-6-16-18(17)26-30-25-16/h1-11H,(H,22,23)(H,24,27). The summed E-state index contributed by atoms with van der Waals surface area (Å²) in [6.07, 6.45) is 0. The Kier molecular flexibility index (Phi) is 4.68. The van der Waals surface area contributed by atoms with E-state index in [1.807, 2.05) is 0 Å². The van der Waals surface area contributed by atoms with Crippen molar-refractivity contribution in [1.29, 1.82) is 0 Å². The maximum absolute atomic E-state index is 13.3. The fourth-order valence-corrected chi connectivity index (χ4v) is 4.79. The predicted molar refractivity (Wildman–Crippen MR) is 117 cm³/mol. The largest absolute Gasteiger partial charge is 0.337 e. The number of aromatic nitrogens is 4. The minimum atomic E-state index is -4.05. The van der Waals surface area contributed by atoms with E-state index in [0.29, 0.717) is 22.2 Å². The van der Waals surface area contributed by atoms with Gasteiger partial charge in [0.15, 0.2) is 11.6 Å². The SMILES string of the molecule is O=S(=O)(Nc1nc2ccccc2nc1Nc1ccc(F)cc1)c1cccc2nsnc12. The topological polar surface area (TPSA) is 110 Å². The van der Waals surface area contributed by atoms with Crippen LogP contribution >= 0.6 is 11.7 Å². The normalized spacial score (nSPS) is 11.6. The molecule has 8 nitrogen and oxygen atoms in total. The summed E-state index contributed by atoms with van der Waals surface area (Å²) in [5.41, 5.74) is 2.38. The van der Waals surface area contributed by atoms with Crippen molar-refractivity contribution in [3.63, 3.8) is 0 Å². The van der Waals surface area contributed by atoms with Gasteiger partial charge in [-0.25, -0.2) is 22.8 Å². The highest BCUT2D eigenvalue weighted by molar-refractivity contribution is 7.93. The molecule has 0 atom stereocenters. The molecule has 2 aromatic heterocycles. The molecular weight excluding hydrogens is 439 g/mol. The van der Waals surface area contributed by atoms with E-state index in [4.69, 9.17) is 0 Å². The number of hydrogen-bond acceptors (Lipinski definition) is 8. The molecule has 0 saturated carbocycles. The van der Waals surface area contributed by atoms with Crippen LogP contribution in [-0.2, 0) is 10.0 Å². The zero-order chi connectivity index (χ0) is 21.4. The minimum absolute atomic E-state index is 0.00298. The van der Waals surface area contributed by atoms with Gasteiger partial charge in [0.2, 0.25) is 0 Å². The van der Waals surface area contributed by atoms with Crippen molar-refractivity contribution in [3.8, 4) is 0 Å². The summed E-state index contributed by atoms with van der Waals surface area (Å²) in [7, 11) is -4.05. The molecule has 0 spiro atoms. The van der Waals surface area contributed by atoms with Crippen LogP contribution in [0.2, 0.25) is 0 Å². The van der Waals surface area contributed by atoms with E-state index in [-0.39, 0.29) is 27.9 Å². The Bertz CT molecular complexity index is 1520. The smallest absolute Gasteiger partial charge is 0.265 e. The molecule has 0 saturated heterocycles. The third kappa shape index (κ3) is 3.76. The van der Waals surface area contributed by atoms with Crippen LogP contribution in [0, 0.1) is 5.82 Å². The predicted octanol–water partition coefficient (Wildman–Crippen LogP) is 4.32. The van der Waals surface area contributed by atoms with Gasteiger partial charge in [-0.1, -0.05) is 18.2 Å². The number of fused-ring (bicyclic) bond motifs is 2. The summed E-state index contributed by atoms with van der Waals surface area (Å²) < 4.78 is 50.3. The van der Waals surface area contributed by atoms with Gasteiger partial charge >= 0.3 is 0 Å². The van der Waals surface area contributed by atoms with Crippen molar-refractivity contribution in [3.05, 3.63) is 72.5 Å². The Balaban J connectivity index is 1.60. The fraction of sp³-hybridized carbons (Fsp3) is 0. The number of benzene rings is 3. The third-order valence-corrected chi connectivity index (χ3v) is 6.36. The van der Waals surface area contributed by atoms with Crippen LogP contribution in [-0.4, -0.2) is 27.1 Å². The number of halogens is 1. The van der Waals surface area contributed by atoms with Gasteiger partial charge in [-0.15, -0.1) is 0 Å². The number of hydrogen-bond donors (Lipinski definition) is 2. The summed E-state index contributed by atoms with van der Waals surface area (Å²) in [5, 5.41) is 3.00. The van der Waals surface area contributed by atoms with Gasteiger partial charge < -0.3 is 5.32 Å². The maximum Gasteiger partial charge on any atom is 0.265 e. The van der Waals surface area contributed by atoms with Gasteiger partial charge in [-0.2, -0.15) is 8.75 Å². The molecule has 0 unspecified atom stereocenters. The zero-order valence-electron chi connectivity index (χ0n) is 15.7. The molecule has 5 aromatic rings. The second-order valence-corrected chi connectivity index (χ2v) is 8.71. The first kappa shape index (κ1) is 19.3. The second-order valence-electron chi connectivity index (χ2n) is 6.54. The van der Waals surface area contributed by atoms with E-state index in [9.17, 15) is 12.8 Å². The van der Waals surface area contributed by atoms with Gasteiger partial charge in [0.05, 0.1) is 22.8 Å². The van der Waals surface area contributed by atoms with Crippen molar-refractivity contribution >= 4 is 61.1 Å². The Morgan fingerprint density at radius 3 is 2.19 bits per heavy atom. The van der Waals surface area contributed by atoms with Crippen LogP contribution in [0.3, 0.4) is 0 Å². The Morgan fingerprint density at radius 1 is 0.774 bits per heavy atom. The van der Waals surface area contributed by atoms with Crippen LogP contribution in [0.5, 0.6) is 0 Å². The number of para-hydroxylation sites is 2. The molecule has 0 aliphatic carbocycles. The molecule has 0 amide bonds. The summed E-state index contributed by atoms with van der Waals surface area (Å²) in [4.78, 5) is 8.93. The summed E-state index contributed by atoms with van der Waals surface area (Å²) >= 11 is 0.934. The van der Waals surface area contributed by atoms with E-state index in [1.165, 1.54) is 30.3 Å². The number of anilines is 3. The molecule has 0 fully saturated rings. The van der Waals surface area contributed by atoms with Gasteiger partial charge in [0, 0.05) is 5.69 Å². The Morgan fingerprint density at radius 2 is 1.45 bits per heavy atom. The van der Waals surface area contributed by atoms with Crippen LogP contribution < -0.4 is 10.0 Å². The van der Waals surface area contributed by atoms with Gasteiger partial charge in [-0.3, -0.25) is 4.72 Å². The summed E-state index contributed by atoms with van der Waals surface area (Å²) in [6.45, 7) is 0. The molecule has 31 heavy (non-hydrogen) atoms. The van der Waals surface area contributed by atoms with Gasteiger partial charge in [0.25, 0.3) is 10.0 Å². The van der Waals surface area contributed by atoms with E-state index in [2.05, 4.69) is 28.8 Å². The van der Waals surface area contributed by atoms with E-state index in [0.717, 1.165) is 11.7 Å². The first-order valence-corrected chi connectivity index (χ1v) is 11.2. The molecule has 2 N–H and O–H groups in total. The van der Waals surface area contributed by atoms with Crippen LogP contribution in [0.4, 0.5) is 21.7 Å². The van der Waals surface area contributed by atoms with Crippen molar-refractivity contribution in [2.75, 3.05) is 10.0 Å². The quantitative estimate of drug-likeness (QED) is 0.409. The monoisotopic (exact) mass is 452 g/mol. The van der Waals surface area contributed by atoms with Gasteiger partial charge in [0.1, 0.15) is 21.7 Å². The molecule has 5 rings (SSSR count). The molecule has 0 radical (unpaired) electrons. The molecule has 0 bridgehead atoms. The average molecular weight is 452 g/mol. The lowest BCUT2D eigenvalue weighted by molar-refractivity contribution is 0.601. The minimum Gasteiger partial charge on any atom is -0.337 e. The fourth-order valence-electron chi connectivity index (χ4n) is 3.01. The van der Waals surface area contributed by atoms with E-state index >= 15 is 0 Å². The Hall–Kier alpha value is -3.70. The molecule has 0 aliphatic rings. The van der Waals surface area contributed by atoms with E-state index < -0.39 is 10.0 Å². The lowest BCUT2D eigenvalue weighted by atomic mass is 10.3. The highest BCUT2D eigenvalue weighted by Gasteiger charge is 2.22. The molecule has 11 heteroatoms. The molecule has 0 aliphatic heterocycles. The molecule has 154 valence electrons. The summed E-state index contributed by atoms with van der Waals surface area (Å²) in [6, 6.07) is 17.4.